The second-order valence-electron chi connectivity index (χ2n) is 5.96. The molecule has 1 atom stereocenters. The van der Waals surface area contributed by atoms with Crippen molar-refractivity contribution in [2.24, 2.45) is 11.7 Å². The fourth-order valence-corrected chi connectivity index (χ4v) is 3.31. The third-order valence-electron chi connectivity index (χ3n) is 3.77. The van der Waals surface area contributed by atoms with E-state index in [9.17, 15) is 12.8 Å². The number of benzene rings is 1. The maximum Gasteiger partial charge on any atom is 0.246 e. The Labute approximate surface area is 143 Å². The second kappa shape index (κ2) is 9.31. The minimum absolute atomic E-state index is 0.104. The van der Waals surface area contributed by atoms with Gasteiger partial charge in [0.2, 0.25) is 10.0 Å². The zero-order valence-corrected chi connectivity index (χ0v) is 15.5. The van der Waals surface area contributed by atoms with Gasteiger partial charge in [-0.05, 0) is 30.5 Å². The van der Waals surface area contributed by atoms with Crippen LogP contribution in [0.2, 0.25) is 0 Å². The van der Waals surface area contributed by atoms with Crippen LogP contribution < -0.4 is 10.5 Å². The largest absolute Gasteiger partial charge is 0.490 e. The van der Waals surface area contributed by atoms with E-state index < -0.39 is 15.8 Å². The molecule has 0 aliphatic rings. The molecule has 24 heavy (non-hydrogen) atoms. The van der Waals surface area contributed by atoms with Gasteiger partial charge >= 0.3 is 0 Å². The van der Waals surface area contributed by atoms with Crippen molar-refractivity contribution >= 4 is 10.0 Å². The number of ether oxygens (including phenoxy) is 2. The van der Waals surface area contributed by atoms with E-state index in [1.54, 1.807) is 0 Å². The number of hydrogen-bond acceptors (Lipinski definition) is 5. The summed E-state index contributed by atoms with van der Waals surface area (Å²) in [5.41, 5.74) is 5.96. The molecule has 8 heteroatoms. The van der Waals surface area contributed by atoms with Gasteiger partial charge in [-0.2, -0.15) is 0 Å². The van der Waals surface area contributed by atoms with Gasteiger partial charge in [0, 0.05) is 26.7 Å². The van der Waals surface area contributed by atoms with E-state index in [4.69, 9.17) is 15.2 Å². The van der Waals surface area contributed by atoms with E-state index in [1.165, 1.54) is 24.5 Å². The Hall–Kier alpha value is -1.22. The van der Waals surface area contributed by atoms with E-state index in [2.05, 4.69) is 0 Å². The maximum atomic E-state index is 13.6. The molecule has 0 radical (unpaired) electrons. The Morgan fingerprint density at radius 3 is 2.54 bits per heavy atom. The molecular weight excluding hydrogens is 335 g/mol. The van der Waals surface area contributed by atoms with E-state index in [0.717, 1.165) is 12.1 Å². The van der Waals surface area contributed by atoms with Gasteiger partial charge in [0.1, 0.15) is 23.1 Å². The molecule has 0 aliphatic carbocycles. The SMILES string of the molecule is COCCOc1ccc(F)cc1S(=O)(=O)N(C)CCC(N)C(C)C. The van der Waals surface area contributed by atoms with Crippen molar-refractivity contribution < 1.29 is 22.3 Å². The molecule has 0 fully saturated rings. The van der Waals surface area contributed by atoms with E-state index in [1.807, 2.05) is 13.8 Å². The van der Waals surface area contributed by atoms with Crippen molar-refractivity contribution in [1.82, 2.24) is 4.31 Å². The zero-order chi connectivity index (χ0) is 18.3. The Morgan fingerprint density at radius 2 is 1.96 bits per heavy atom. The van der Waals surface area contributed by atoms with E-state index in [-0.39, 0.29) is 35.8 Å². The van der Waals surface area contributed by atoms with Gasteiger partial charge in [-0.25, -0.2) is 17.1 Å². The monoisotopic (exact) mass is 362 g/mol. The van der Waals surface area contributed by atoms with Gasteiger partial charge in [-0.1, -0.05) is 13.8 Å². The highest BCUT2D eigenvalue weighted by molar-refractivity contribution is 7.89. The summed E-state index contributed by atoms with van der Waals surface area (Å²) in [5.74, 6) is -0.281. The standard InChI is InChI=1S/C16H27FN2O4S/c1-12(2)14(18)7-8-19(3)24(20,21)16-11-13(17)5-6-15(16)23-10-9-22-4/h5-6,11-12,14H,7-10,18H2,1-4H3. The van der Waals surface area contributed by atoms with E-state index >= 15 is 0 Å². The van der Waals surface area contributed by atoms with Gasteiger partial charge in [0.05, 0.1) is 6.61 Å². The molecule has 1 aromatic carbocycles. The average molecular weight is 362 g/mol. The number of nitrogens with two attached hydrogens (primary N) is 1. The summed E-state index contributed by atoms with van der Waals surface area (Å²) < 4.78 is 50.5. The molecular formula is C16H27FN2O4S. The summed E-state index contributed by atoms with van der Waals surface area (Å²) in [7, 11) is -0.917. The first-order valence-electron chi connectivity index (χ1n) is 7.83. The first-order chi connectivity index (χ1) is 11.2. The fourth-order valence-electron chi connectivity index (χ4n) is 1.99. The van der Waals surface area contributed by atoms with Crippen LogP contribution in [0.3, 0.4) is 0 Å². The predicted molar refractivity (Wildman–Crippen MR) is 91.0 cm³/mol. The molecule has 138 valence electrons. The molecule has 0 saturated heterocycles. The zero-order valence-electron chi connectivity index (χ0n) is 14.7. The van der Waals surface area contributed by atoms with Crippen LogP contribution in [0.4, 0.5) is 4.39 Å². The Morgan fingerprint density at radius 1 is 1.29 bits per heavy atom. The quantitative estimate of drug-likeness (QED) is 0.642. The van der Waals surface area contributed by atoms with Gasteiger partial charge in [0.25, 0.3) is 0 Å². The average Bonchev–Trinajstić information content (AvgIpc) is 2.53. The lowest BCUT2D eigenvalue weighted by atomic mass is 10.0. The summed E-state index contributed by atoms with van der Waals surface area (Å²) in [5, 5.41) is 0. The first-order valence-corrected chi connectivity index (χ1v) is 9.27. The molecule has 0 heterocycles. The maximum absolute atomic E-state index is 13.6. The van der Waals surface area contributed by atoms with Gasteiger partial charge in [0.15, 0.2) is 0 Å². The number of methoxy groups -OCH3 is 1. The molecule has 0 bridgehead atoms. The topological polar surface area (TPSA) is 81.9 Å². The smallest absolute Gasteiger partial charge is 0.246 e. The highest BCUT2D eigenvalue weighted by Crippen LogP contribution is 2.27. The molecule has 0 saturated carbocycles. The first kappa shape index (κ1) is 20.8. The predicted octanol–water partition coefficient (Wildman–Crippen LogP) is 1.84. The third-order valence-corrected chi connectivity index (χ3v) is 5.65. The van der Waals surface area contributed by atoms with Crippen molar-refractivity contribution in [3.63, 3.8) is 0 Å². The Kier molecular flexibility index (Phi) is 8.08. The lowest BCUT2D eigenvalue weighted by Crippen LogP contribution is -2.34. The van der Waals surface area contributed by atoms with Gasteiger partial charge < -0.3 is 15.2 Å². The summed E-state index contributed by atoms with van der Waals surface area (Å²) >= 11 is 0. The van der Waals surface area contributed by atoms with Crippen molar-refractivity contribution in [3.05, 3.63) is 24.0 Å². The number of nitrogens with zero attached hydrogens (tertiary/aromatic N) is 1. The molecule has 0 amide bonds. The highest BCUT2D eigenvalue weighted by atomic mass is 32.2. The number of rotatable bonds is 10. The summed E-state index contributed by atoms with van der Waals surface area (Å²) in [6.45, 7) is 4.68. The molecule has 1 rings (SSSR count). The molecule has 1 aromatic rings. The summed E-state index contributed by atoms with van der Waals surface area (Å²) in [4.78, 5) is -0.195. The van der Waals surface area contributed by atoms with Crippen LogP contribution in [0.15, 0.2) is 23.1 Å². The highest BCUT2D eigenvalue weighted by Gasteiger charge is 2.26. The summed E-state index contributed by atoms with van der Waals surface area (Å²) in [6.07, 6.45) is 0.516. The van der Waals surface area contributed by atoms with Gasteiger partial charge in [-0.3, -0.25) is 0 Å². The van der Waals surface area contributed by atoms with Crippen molar-refractivity contribution in [2.45, 2.75) is 31.2 Å². The van der Waals surface area contributed by atoms with Gasteiger partial charge in [-0.15, -0.1) is 0 Å². The molecule has 6 nitrogen and oxygen atoms in total. The lowest BCUT2D eigenvalue weighted by molar-refractivity contribution is 0.144. The van der Waals surface area contributed by atoms with Crippen LogP contribution in [0, 0.1) is 11.7 Å². The lowest BCUT2D eigenvalue weighted by Gasteiger charge is -2.22. The van der Waals surface area contributed by atoms with Crippen LogP contribution in [-0.4, -0.2) is 52.7 Å². The van der Waals surface area contributed by atoms with Crippen LogP contribution in [-0.2, 0) is 14.8 Å². The van der Waals surface area contributed by atoms with E-state index in [0.29, 0.717) is 13.0 Å². The fraction of sp³-hybridized carbons (Fsp3) is 0.625. The van der Waals surface area contributed by atoms with Crippen LogP contribution in [0.1, 0.15) is 20.3 Å². The van der Waals surface area contributed by atoms with Crippen LogP contribution >= 0.6 is 0 Å². The van der Waals surface area contributed by atoms with Crippen LogP contribution in [0.5, 0.6) is 5.75 Å². The molecule has 0 aromatic heterocycles. The van der Waals surface area contributed by atoms with Crippen molar-refractivity contribution in [3.8, 4) is 5.75 Å². The Bertz CT molecular complexity index is 623. The minimum atomic E-state index is -3.88. The Balaban J connectivity index is 2.97. The molecule has 2 N–H and O–H groups in total. The summed E-state index contributed by atoms with van der Waals surface area (Å²) in [6, 6.07) is 3.34. The number of sulfonamides is 1. The molecule has 0 spiro atoms. The van der Waals surface area contributed by atoms with Crippen molar-refractivity contribution in [2.75, 3.05) is 33.9 Å². The third kappa shape index (κ3) is 5.70. The molecule has 0 aliphatic heterocycles. The normalized spacial score (nSPS) is 13.5. The minimum Gasteiger partial charge on any atom is -0.490 e. The number of halogens is 1. The second-order valence-corrected chi connectivity index (χ2v) is 7.97. The number of hydrogen-bond donors (Lipinski definition) is 1. The molecule has 1 unspecified atom stereocenters. The van der Waals surface area contributed by atoms with Crippen LogP contribution in [0.25, 0.3) is 0 Å². The van der Waals surface area contributed by atoms with Crippen molar-refractivity contribution in [1.29, 1.82) is 0 Å².